The Morgan fingerprint density at radius 2 is 2.00 bits per heavy atom. The van der Waals surface area contributed by atoms with Crippen LogP contribution in [0.2, 0.25) is 0 Å². The Hall–Kier alpha value is -0.170. The lowest BCUT2D eigenvalue weighted by atomic mass is 10.3. The Balaban J connectivity index is 0. The lowest BCUT2D eigenvalue weighted by Crippen LogP contribution is -2.10. The molecule has 0 radical (unpaired) electrons. The molecule has 0 aromatic heterocycles. The number of halogens is 1. The van der Waals surface area contributed by atoms with E-state index in [1.807, 2.05) is 0 Å². The summed E-state index contributed by atoms with van der Waals surface area (Å²) in [5.41, 5.74) is 1.34. The smallest absolute Gasteiger partial charge is 0.0115 e. The Bertz CT molecular complexity index is 79.0. The molecule has 0 heterocycles. The number of allylic oxidation sites excluding steroid dienone is 2. The minimum atomic E-state index is 0. The van der Waals surface area contributed by atoms with Crippen molar-refractivity contribution in [2.45, 2.75) is 27.2 Å². The van der Waals surface area contributed by atoms with Gasteiger partial charge in [0.15, 0.2) is 0 Å². The van der Waals surface area contributed by atoms with Gasteiger partial charge in [0.1, 0.15) is 0 Å². The monoisotopic (exact) mass is 149 g/mol. The predicted octanol–water partition coefficient (Wildman–Crippen LogP) is 2.33. The second kappa shape index (κ2) is 7.83. The lowest BCUT2D eigenvalue weighted by Gasteiger charge is -2.02. The number of rotatable bonds is 3. The van der Waals surface area contributed by atoms with E-state index in [0.717, 1.165) is 13.0 Å². The first-order chi connectivity index (χ1) is 3.85. The average Bonchev–Trinajstić information content (AvgIpc) is 1.83. The molecule has 0 bridgehead atoms. The second-order valence-corrected chi connectivity index (χ2v) is 1.70. The van der Waals surface area contributed by atoms with E-state index in [-0.39, 0.29) is 12.4 Å². The van der Waals surface area contributed by atoms with Crippen LogP contribution < -0.4 is 5.32 Å². The van der Waals surface area contributed by atoms with Gasteiger partial charge >= 0.3 is 0 Å². The van der Waals surface area contributed by atoms with Gasteiger partial charge in [-0.2, -0.15) is 0 Å². The van der Waals surface area contributed by atoms with Gasteiger partial charge in [0.05, 0.1) is 0 Å². The van der Waals surface area contributed by atoms with Crippen molar-refractivity contribution < 1.29 is 0 Å². The largest absolute Gasteiger partial charge is 0.389 e. The van der Waals surface area contributed by atoms with Gasteiger partial charge in [-0.25, -0.2) is 0 Å². The maximum Gasteiger partial charge on any atom is 0.0115 e. The van der Waals surface area contributed by atoms with E-state index in [4.69, 9.17) is 0 Å². The third kappa shape index (κ3) is 5.71. The van der Waals surface area contributed by atoms with Crippen molar-refractivity contribution in [2.75, 3.05) is 6.54 Å². The first-order valence-electron chi connectivity index (χ1n) is 3.24. The van der Waals surface area contributed by atoms with Crippen LogP contribution in [0.1, 0.15) is 27.2 Å². The topological polar surface area (TPSA) is 12.0 Å². The van der Waals surface area contributed by atoms with Crippen molar-refractivity contribution in [3.8, 4) is 0 Å². The van der Waals surface area contributed by atoms with E-state index in [9.17, 15) is 0 Å². The highest BCUT2D eigenvalue weighted by Gasteiger charge is 1.83. The zero-order chi connectivity index (χ0) is 6.41. The summed E-state index contributed by atoms with van der Waals surface area (Å²) in [7, 11) is 0. The van der Waals surface area contributed by atoms with E-state index >= 15 is 0 Å². The highest BCUT2D eigenvalue weighted by molar-refractivity contribution is 5.85. The van der Waals surface area contributed by atoms with Gasteiger partial charge in [-0.3, -0.25) is 0 Å². The van der Waals surface area contributed by atoms with E-state index in [1.54, 1.807) is 0 Å². The summed E-state index contributed by atoms with van der Waals surface area (Å²) in [6.07, 6.45) is 3.23. The Morgan fingerprint density at radius 3 is 2.11 bits per heavy atom. The standard InChI is InChI=1S/C7H15N.ClH/c1-4-7(5-2)8-6-3;/h4,8H,5-6H2,1-3H3;1H/b7-4-;. The van der Waals surface area contributed by atoms with Crippen LogP contribution in [0.4, 0.5) is 0 Å². The molecular formula is C7H16ClN. The first-order valence-corrected chi connectivity index (χ1v) is 3.24. The normalized spacial score (nSPS) is 10.3. The molecule has 0 rings (SSSR count). The highest BCUT2D eigenvalue weighted by Crippen LogP contribution is 1.92. The third-order valence-corrected chi connectivity index (χ3v) is 1.13. The van der Waals surface area contributed by atoms with Crippen LogP contribution in [-0.4, -0.2) is 6.54 Å². The molecular weight excluding hydrogens is 134 g/mol. The first kappa shape index (κ1) is 11.6. The van der Waals surface area contributed by atoms with Crippen molar-refractivity contribution in [3.63, 3.8) is 0 Å². The summed E-state index contributed by atoms with van der Waals surface area (Å²) < 4.78 is 0. The van der Waals surface area contributed by atoms with Crippen LogP contribution >= 0.6 is 12.4 Å². The van der Waals surface area contributed by atoms with Crippen LogP contribution in [0.25, 0.3) is 0 Å². The van der Waals surface area contributed by atoms with E-state index in [1.165, 1.54) is 5.70 Å². The molecule has 0 unspecified atom stereocenters. The van der Waals surface area contributed by atoms with Gasteiger partial charge < -0.3 is 5.32 Å². The number of hydrogen-bond donors (Lipinski definition) is 1. The molecule has 0 aromatic rings. The highest BCUT2D eigenvalue weighted by atomic mass is 35.5. The maximum absolute atomic E-state index is 3.24. The summed E-state index contributed by atoms with van der Waals surface area (Å²) in [4.78, 5) is 0. The summed E-state index contributed by atoms with van der Waals surface area (Å²) in [6, 6.07) is 0. The average molecular weight is 150 g/mol. The van der Waals surface area contributed by atoms with Gasteiger partial charge in [0.25, 0.3) is 0 Å². The molecule has 1 N–H and O–H groups in total. The molecule has 0 saturated carbocycles. The minimum absolute atomic E-state index is 0. The predicted molar refractivity (Wildman–Crippen MR) is 45.0 cm³/mol. The fourth-order valence-corrected chi connectivity index (χ4v) is 0.658. The van der Waals surface area contributed by atoms with Crippen LogP contribution in [0.3, 0.4) is 0 Å². The van der Waals surface area contributed by atoms with Crippen molar-refractivity contribution in [1.82, 2.24) is 5.32 Å². The molecule has 0 aromatic carbocycles. The molecule has 0 aliphatic rings. The fraction of sp³-hybridized carbons (Fsp3) is 0.714. The van der Waals surface area contributed by atoms with E-state index < -0.39 is 0 Å². The van der Waals surface area contributed by atoms with Crippen LogP contribution in [-0.2, 0) is 0 Å². The van der Waals surface area contributed by atoms with Crippen molar-refractivity contribution in [1.29, 1.82) is 0 Å². The quantitative estimate of drug-likeness (QED) is 0.650. The molecule has 0 aliphatic heterocycles. The van der Waals surface area contributed by atoms with Gasteiger partial charge in [0.2, 0.25) is 0 Å². The molecule has 0 spiro atoms. The summed E-state index contributed by atoms with van der Waals surface area (Å²) in [6.45, 7) is 7.35. The number of nitrogens with one attached hydrogen (secondary N) is 1. The molecule has 56 valence electrons. The Morgan fingerprint density at radius 1 is 1.44 bits per heavy atom. The Kier molecular flexibility index (Phi) is 10.1. The van der Waals surface area contributed by atoms with Gasteiger partial charge in [0, 0.05) is 12.2 Å². The van der Waals surface area contributed by atoms with Crippen molar-refractivity contribution in [3.05, 3.63) is 11.8 Å². The van der Waals surface area contributed by atoms with Gasteiger partial charge in [-0.15, -0.1) is 12.4 Å². The van der Waals surface area contributed by atoms with Crippen LogP contribution in [0.5, 0.6) is 0 Å². The van der Waals surface area contributed by atoms with E-state index in [0.29, 0.717) is 0 Å². The number of hydrogen-bond acceptors (Lipinski definition) is 1. The molecule has 2 heteroatoms. The van der Waals surface area contributed by atoms with E-state index in [2.05, 4.69) is 32.2 Å². The van der Waals surface area contributed by atoms with Gasteiger partial charge in [-0.1, -0.05) is 13.0 Å². The Labute approximate surface area is 63.9 Å². The molecule has 0 atom stereocenters. The van der Waals surface area contributed by atoms with Gasteiger partial charge in [-0.05, 0) is 20.3 Å². The molecule has 0 amide bonds. The maximum atomic E-state index is 3.24. The van der Waals surface area contributed by atoms with Crippen LogP contribution in [0, 0.1) is 0 Å². The third-order valence-electron chi connectivity index (χ3n) is 1.13. The lowest BCUT2D eigenvalue weighted by molar-refractivity contribution is 0.804. The molecule has 0 saturated heterocycles. The zero-order valence-corrected chi connectivity index (χ0v) is 7.22. The minimum Gasteiger partial charge on any atom is -0.389 e. The van der Waals surface area contributed by atoms with Crippen molar-refractivity contribution >= 4 is 12.4 Å². The summed E-state index contributed by atoms with van der Waals surface area (Å²) >= 11 is 0. The molecule has 1 nitrogen and oxygen atoms in total. The van der Waals surface area contributed by atoms with Crippen LogP contribution in [0.15, 0.2) is 11.8 Å². The summed E-state index contributed by atoms with van der Waals surface area (Å²) in [5, 5.41) is 3.24. The molecule has 0 fully saturated rings. The SMILES string of the molecule is C/C=C(/CC)NCC.Cl. The second-order valence-electron chi connectivity index (χ2n) is 1.70. The van der Waals surface area contributed by atoms with Crippen molar-refractivity contribution in [2.24, 2.45) is 0 Å². The summed E-state index contributed by atoms with van der Waals surface area (Å²) in [5.74, 6) is 0. The molecule has 0 aliphatic carbocycles. The molecule has 9 heavy (non-hydrogen) atoms. The fourth-order valence-electron chi connectivity index (χ4n) is 0.658. The zero-order valence-electron chi connectivity index (χ0n) is 6.40.